The van der Waals surface area contributed by atoms with E-state index in [2.05, 4.69) is 34.4 Å². The first-order valence-electron chi connectivity index (χ1n) is 11.5. The highest BCUT2D eigenvalue weighted by Gasteiger charge is 2.42. The number of para-hydroxylation sites is 1. The number of ether oxygens (including phenoxy) is 3. The molecule has 4 rings (SSSR count). The smallest absolute Gasteiger partial charge is 0.167 e. The summed E-state index contributed by atoms with van der Waals surface area (Å²) in [5.74, 6) is 1.25. The van der Waals surface area contributed by atoms with Gasteiger partial charge in [0.2, 0.25) is 0 Å². The molecule has 0 amide bonds. The topological polar surface area (TPSA) is 79.7 Å². The summed E-state index contributed by atoms with van der Waals surface area (Å²) in [7, 11) is 3.28. The van der Waals surface area contributed by atoms with E-state index in [1.807, 2.05) is 59.6 Å². The van der Waals surface area contributed by atoms with Crippen LogP contribution in [0.4, 0.5) is 0 Å². The van der Waals surface area contributed by atoms with Crippen LogP contribution in [0.3, 0.4) is 0 Å². The van der Waals surface area contributed by atoms with Crippen LogP contribution in [0.2, 0.25) is 0 Å². The van der Waals surface area contributed by atoms with Gasteiger partial charge in [-0.25, -0.2) is 5.01 Å². The summed E-state index contributed by atoms with van der Waals surface area (Å²) in [6, 6.07) is 26.1. The maximum atomic E-state index is 9.07. The van der Waals surface area contributed by atoms with Crippen molar-refractivity contribution in [2.45, 2.75) is 30.9 Å². The molecule has 0 N–H and O–H groups in total. The Kier molecular flexibility index (Phi) is 7.58. The summed E-state index contributed by atoms with van der Waals surface area (Å²) in [4.78, 5) is 3.04. The van der Waals surface area contributed by atoms with Gasteiger partial charge in [0.1, 0.15) is 11.6 Å². The van der Waals surface area contributed by atoms with Crippen molar-refractivity contribution in [3.63, 3.8) is 0 Å². The highest BCUT2D eigenvalue weighted by molar-refractivity contribution is 5.57. The van der Waals surface area contributed by atoms with Crippen molar-refractivity contribution in [3.05, 3.63) is 106 Å². The number of hydrogen-bond donors (Lipinski definition) is 0. The fourth-order valence-electron chi connectivity index (χ4n) is 4.78. The van der Waals surface area contributed by atoms with E-state index in [0.717, 1.165) is 42.5 Å². The van der Waals surface area contributed by atoms with Gasteiger partial charge in [-0.2, -0.15) is 4.91 Å². The second-order valence-corrected chi connectivity index (χ2v) is 8.26. The molecule has 1 atom stereocenters. The second-order valence-electron chi connectivity index (χ2n) is 8.26. The Balaban J connectivity index is 1.91. The van der Waals surface area contributed by atoms with Crippen LogP contribution in [0.15, 0.2) is 84.1 Å². The number of azide groups is 1. The van der Waals surface area contributed by atoms with Crippen molar-refractivity contribution >= 4 is 0 Å². The van der Waals surface area contributed by atoms with E-state index in [9.17, 15) is 0 Å². The molecule has 0 spiro atoms. The zero-order valence-corrected chi connectivity index (χ0v) is 19.6. The van der Waals surface area contributed by atoms with Gasteiger partial charge >= 0.3 is 0 Å². The van der Waals surface area contributed by atoms with Crippen molar-refractivity contribution in [1.29, 1.82) is 0 Å². The van der Waals surface area contributed by atoms with Crippen molar-refractivity contribution in [2.75, 3.05) is 27.4 Å². The van der Waals surface area contributed by atoms with Crippen molar-refractivity contribution < 1.29 is 14.2 Å². The number of hydrogen-bond acceptors (Lipinski definition) is 4. The molecule has 0 saturated carbocycles. The Morgan fingerprint density at radius 2 is 1.59 bits per heavy atom. The van der Waals surface area contributed by atoms with Crippen LogP contribution in [0, 0.1) is 0 Å². The summed E-state index contributed by atoms with van der Waals surface area (Å²) in [6.07, 6.45) is 2.97. The van der Waals surface area contributed by atoms with Crippen molar-refractivity contribution in [3.8, 4) is 11.5 Å². The summed E-state index contributed by atoms with van der Waals surface area (Å²) >= 11 is 0. The predicted octanol–water partition coefficient (Wildman–Crippen LogP) is 6.09. The Hall–Kier alpha value is -3.67. The van der Waals surface area contributed by atoms with Crippen LogP contribution in [-0.2, 0) is 10.3 Å². The third-order valence-corrected chi connectivity index (χ3v) is 6.39. The average Bonchev–Trinajstić information content (AvgIpc) is 2.91. The molecule has 1 unspecified atom stereocenters. The summed E-state index contributed by atoms with van der Waals surface area (Å²) in [6.45, 7) is 1.10. The van der Waals surface area contributed by atoms with E-state index in [-0.39, 0.29) is 6.04 Å². The van der Waals surface area contributed by atoms with Gasteiger partial charge in [-0.1, -0.05) is 72.8 Å². The summed E-state index contributed by atoms with van der Waals surface area (Å²) < 4.78 is 18.5. The molecule has 1 aliphatic rings. The highest BCUT2D eigenvalue weighted by atomic mass is 16.5. The van der Waals surface area contributed by atoms with Gasteiger partial charge < -0.3 is 14.2 Å². The van der Waals surface area contributed by atoms with Gasteiger partial charge in [0.05, 0.1) is 27.4 Å². The molecule has 1 fully saturated rings. The van der Waals surface area contributed by atoms with Crippen LogP contribution in [0.5, 0.6) is 11.5 Å². The van der Waals surface area contributed by atoms with Crippen LogP contribution >= 0.6 is 0 Å². The lowest BCUT2D eigenvalue weighted by atomic mass is 9.79. The lowest BCUT2D eigenvalue weighted by molar-refractivity contribution is -0.0332. The number of nitrogens with zero attached hydrogens (tertiary/aromatic N) is 4. The first kappa shape index (κ1) is 23.5. The number of rotatable bonds is 9. The SMILES string of the molecule is COc1cccc(C(OCC2CCCCN2N=[N+]=[N-])(c2ccccc2)c2ccccc2)c1OC. The van der Waals surface area contributed by atoms with E-state index < -0.39 is 5.60 Å². The molecular formula is C27H30N4O3. The van der Waals surface area contributed by atoms with Crippen molar-refractivity contribution in [1.82, 2.24) is 5.01 Å². The minimum atomic E-state index is -0.970. The molecule has 1 aliphatic heterocycles. The average molecular weight is 459 g/mol. The molecule has 0 bridgehead atoms. The van der Waals surface area contributed by atoms with Gasteiger partial charge in [-0.15, -0.1) is 5.53 Å². The van der Waals surface area contributed by atoms with Gasteiger partial charge in [0.15, 0.2) is 11.5 Å². The van der Waals surface area contributed by atoms with Crippen LogP contribution in [-0.4, -0.2) is 38.4 Å². The molecule has 1 saturated heterocycles. The largest absolute Gasteiger partial charge is 0.493 e. The first-order chi connectivity index (χ1) is 16.7. The molecule has 1 heterocycles. The normalized spacial score (nSPS) is 15.9. The Bertz CT molecular complexity index is 1080. The molecule has 7 nitrogen and oxygen atoms in total. The minimum absolute atomic E-state index is 0.0203. The number of methoxy groups -OCH3 is 2. The van der Waals surface area contributed by atoms with Gasteiger partial charge in [-0.05, 0) is 41.7 Å². The molecule has 0 radical (unpaired) electrons. The second kappa shape index (κ2) is 11.0. The predicted molar refractivity (Wildman–Crippen MR) is 132 cm³/mol. The quantitative estimate of drug-likeness (QED) is 0.168. The highest BCUT2D eigenvalue weighted by Crippen LogP contribution is 2.47. The van der Waals surface area contributed by atoms with Crippen LogP contribution in [0.25, 0.3) is 10.4 Å². The molecule has 0 aliphatic carbocycles. The standard InChI is InChI=1S/C27H30N4O3/c1-32-25-18-11-17-24(26(25)33-2)27(21-12-5-3-6-13-21,22-14-7-4-8-15-22)34-20-23-16-9-10-19-31(23)30-29-28/h3-8,11-15,17-18,23H,9-10,16,19-20H2,1-2H3. The third kappa shape index (κ3) is 4.53. The molecule has 0 aromatic heterocycles. The maximum absolute atomic E-state index is 9.07. The molecular weight excluding hydrogens is 428 g/mol. The van der Waals surface area contributed by atoms with E-state index in [4.69, 9.17) is 19.7 Å². The molecule has 3 aromatic carbocycles. The Labute approximate surface area is 200 Å². The van der Waals surface area contributed by atoms with Gasteiger partial charge in [0, 0.05) is 5.56 Å². The lowest BCUT2D eigenvalue weighted by Gasteiger charge is -2.39. The van der Waals surface area contributed by atoms with E-state index in [1.54, 1.807) is 14.2 Å². The lowest BCUT2D eigenvalue weighted by Crippen LogP contribution is -2.42. The molecule has 3 aromatic rings. The molecule has 176 valence electrons. The zero-order chi connectivity index (χ0) is 23.8. The first-order valence-corrected chi connectivity index (χ1v) is 11.5. The molecule has 34 heavy (non-hydrogen) atoms. The van der Waals surface area contributed by atoms with Crippen molar-refractivity contribution in [2.24, 2.45) is 5.22 Å². The van der Waals surface area contributed by atoms with E-state index >= 15 is 0 Å². The van der Waals surface area contributed by atoms with Crippen LogP contribution < -0.4 is 9.47 Å². The van der Waals surface area contributed by atoms with E-state index in [1.165, 1.54) is 0 Å². The van der Waals surface area contributed by atoms with E-state index in [0.29, 0.717) is 18.1 Å². The van der Waals surface area contributed by atoms with Gasteiger partial charge in [-0.3, -0.25) is 0 Å². The Morgan fingerprint density at radius 3 is 2.18 bits per heavy atom. The number of piperidine rings is 1. The fourth-order valence-corrected chi connectivity index (χ4v) is 4.78. The third-order valence-electron chi connectivity index (χ3n) is 6.39. The van der Waals surface area contributed by atoms with Crippen LogP contribution in [0.1, 0.15) is 36.0 Å². The van der Waals surface area contributed by atoms with Gasteiger partial charge in [0.25, 0.3) is 0 Å². The summed E-state index contributed by atoms with van der Waals surface area (Å²) in [5, 5.41) is 5.75. The minimum Gasteiger partial charge on any atom is -0.493 e. The monoisotopic (exact) mass is 458 g/mol. The maximum Gasteiger partial charge on any atom is 0.167 e. The Morgan fingerprint density at radius 1 is 0.912 bits per heavy atom. The summed E-state index contributed by atoms with van der Waals surface area (Å²) in [5.41, 5.74) is 10.9. The zero-order valence-electron chi connectivity index (χ0n) is 19.6. The number of benzene rings is 3. The molecule has 7 heteroatoms. The fraction of sp³-hybridized carbons (Fsp3) is 0.333.